The van der Waals surface area contributed by atoms with Crippen LogP contribution in [0.1, 0.15) is 0 Å². The summed E-state index contributed by atoms with van der Waals surface area (Å²) in [7, 11) is -2.79. The maximum atomic E-state index is 9.76. The van der Waals surface area contributed by atoms with Crippen LogP contribution in [0.3, 0.4) is 0 Å². The van der Waals surface area contributed by atoms with Gasteiger partial charge in [0.15, 0.2) is 0 Å². The summed E-state index contributed by atoms with van der Waals surface area (Å²) < 4.78 is 16.4. The first kappa shape index (κ1) is 6.90. The topological polar surface area (TPSA) is 94.4 Å². The molecule has 44 valence electrons. The monoisotopic (exact) mass is 139 g/mol. The van der Waals surface area contributed by atoms with Gasteiger partial charge in [0.25, 0.3) is 0 Å². The molecule has 0 fully saturated rings. The summed E-state index contributed by atoms with van der Waals surface area (Å²) in [5.74, 6) is 0. The number of nitrogens with zero attached hydrogens (tertiary/aromatic N) is 2. The van der Waals surface area contributed by atoms with Crippen molar-refractivity contribution in [3.8, 4) is 0 Å². The summed E-state index contributed by atoms with van der Waals surface area (Å²) in [6, 6.07) is 0. The number of hydrogen-bond acceptors (Lipinski definition) is 7. The third-order valence-corrected chi connectivity index (χ3v) is 0.600. The van der Waals surface area contributed by atoms with Crippen molar-refractivity contribution in [2.75, 3.05) is 0 Å². The van der Waals surface area contributed by atoms with Crippen molar-refractivity contribution in [1.29, 1.82) is 0 Å². The molecule has 0 rings (SSSR count). The molecule has 8 heavy (non-hydrogen) atoms. The van der Waals surface area contributed by atoms with Crippen LogP contribution in [0.5, 0.6) is 0 Å². The quantitative estimate of drug-likeness (QED) is 0.329. The third kappa shape index (κ3) is 3.10. The van der Waals surface area contributed by atoms with E-state index in [2.05, 4.69) is 9.25 Å². The number of rotatable bonds is 4. The minimum atomic E-state index is -2.79. The Bertz CT molecular complexity index is 97.0. The first-order chi connectivity index (χ1) is 3.81. The molecule has 0 aromatic rings. The lowest BCUT2D eigenvalue weighted by molar-refractivity contribution is 0.236. The van der Waals surface area contributed by atoms with Crippen LogP contribution in [0, 0.1) is 9.81 Å². The number of hydrogen-bond donors (Lipinski definition) is 0. The fourth-order valence-electron chi connectivity index (χ4n) is 0.0693. The molecule has 0 aliphatic rings. The molecule has 8 heteroatoms. The second-order valence-electron chi connectivity index (χ2n) is 0.536. The second-order valence-corrected chi connectivity index (χ2v) is 1.31. The molecule has 0 aromatic carbocycles. The van der Waals surface area contributed by atoms with Gasteiger partial charge in [-0.05, 0) is 0 Å². The molecule has 0 aliphatic carbocycles. The van der Waals surface area contributed by atoms with Gasteiger partial charge in [-0.15, -0.1) is 9.81 Å². The molecule has 0 atom stereocenters. The van der Waals surface area contributed by atoms with E-state index in [1.54, 1.807) is 10.7 Å². The highest BCUT2D eigenvalue weighted by atomic mass is 31.1. The molecule has 0 radical (unpaired) electrons. The van der Waals surface area contributed by atoms with Gasteiger partial charge < -0.3 is 0 Å². The molecular formula is N2O5P+. The first-order valence-corrected chi connectivity index (χ1v) is 2.37. The molecule has 0 saturated carbocycles. The van der Waals surface area contributed by atoms with Crippen LogP contribution in [-0.4, -0.2) is 0 Å². The van der Waals surface area contributed by atoms with Gasteiger partial charge in [0.1, 0.15) is 0 Å². The van der Waals surface area contributed by atoms with E-state index in [0.29, 0.717) is 0 Å². The molecule has 7 nitrogen and oxygen atoms in total. The Hall–Kier alpha value is -1.10. The highest BCUT2D eigenvalue weighted by Crippen LogP contribution is 2.23. The molecule has 0 saturated heterocycles. The summed E-state index contributed by atoms with van der Waals surface area (Å²) >= 11 is 0. The highest BCUT2D eigenvalue weighted by molar-refractivity contribution is 7.33. The molecular weight excluding hydrogens is 139 g/mol. The Morgan fingerprint density at radius 2 is 1.50 bits per heavy atom. The van der Waals surface area contributed by atoms with Crippen molar-refractivity contribution in [3.63, 3.8) is 0 Å². The first-order valence-electron chi connectivity index (χ1n) is 1.28. The summed E-state index contributed by atoms with van der Waals surface area (Å²) in [5.41, 5.74) is 0. The predicted molar refractivity (Wildman–Crippen MR) is 21.4 cm³/mol. The second kappa shape index (κ2) is 4.07. The predicted octanol–water partition coefficient (Wildman–Crippen LogP) is 1.04. The Labute approximate surface area is 43.8 Å². The molecule has 0 aliphatic heterocycles. The van der Waals surface area contributed by atoms with Gasteiger partial charge >= 0.3 is 8.25 Å². The average Bonchev–Trinajstić information content (AvgIpc) is 1.68. The van der Waals surface area contributed by atoms with Crippen molar-refractivity contribution < 1.29 is 13.8 Å². The van der Waals surface area contributed by atoms with Crippen LogP contribution in [-0.2, 0) is 13.8 Å². The van der Waals surface area contributed by atoms with Crippen molar-refractivity contribution in [2.45, 2.75) is 0 Å². The Kier molecular flexibility index (Phi) is 3.51. The van der Waals surface area contributed by atoms with Crippen molar-refractivity contribution in [2.24, 2.45) is 10.7 Å². The van der Waals surface area contributed by atoms with Gasteiger partial charge in [-0.25, -0.2) is 0 Å². The van der Waals surface area contributed by atoms with Gasteiger partial charge in [-0.1, -0.05) is 9.25 Å². The van der Waals surface area contributed by atoms with Crippen LogP contribution in [0.2, 0.25) is 0 Å². The van der Waals surface area contributed by atoms with Crippen LogP contribution >= 0.6 is 8.25 Å². The zero-order valence-corrected chi connectivity index (χ0v) is 4.28. The molecule has 0 amide bonds. The Morgan fingerprint density at radius 3 is 1.75 bits per heavy atom. The fraction of sp³-hybridized carbons (Fsp3) is 0. The van der Waals surface area contributed by atoms with Crippen molar-refractivity contribution in [3.05, 3.63) is 9.81 Å². The zero-order chi connectivity index (χ0) is 6.41. The molecule has 0 N–H and O–H groups in total. The van der Waals surface area contributed by atoms with Gasteiger partial charge in [0.05, 0.1) is 0 Å². The van der Waals surface area contributed by atoms with E-state index >= 15 is 0 Å². The van der Waals surface area contributed by atoms with Crippen molar-refractivity contribution >= 4 is 8.25 Å². The van der Waals surface area contributed by atoms with Crippen molar-refractivity contribution in [1.82, 2.24) is 0 Å². The lowest BCUT2D eigenvalue weighted by atomic mass is 13.4. The third-order valence-electron chi connectivity index (χ3n) is 0.200. The standard InChI is InChI=1S/N2O5P/c3-1-6-8(5)7-2-4/q+1. The van der Waals surface area contributed by atoms with E-state index in [0.717, 1.165) is 0 Å². The maximum Gasteiger partial charge on any atom is 0.856 e. The van der Waals surface area contributed by atoms with E-state index in [-0.39, 0.29) is 0 Å². The van der Waals surface area contributed by atoms with Crippen LogP contribution in [0.25, 0.3) is 0 Å². The fourth-order valence-corrected chi connectivity index (χ4v) is 0.208. The van der Waals surface area contributed by atoms with E-state index in [9.17, 15) is 4.57 Å². The smallest absolute Gasteiger partial charge is 0.102 e. The van der Waals surface area contributed by atoms with E-state index in [1.807, 2.05) is 0 Å². The van der Waals surface area contributed by atoms with Crippen LogP contribution in [0.4, 0.5) is 0 Å². The van der Waals surface area contributed by atoms with Gasteiger partial charge in [0.2, 0.25) is 10.7 Å². The largest absolute Gasteiger partial charge is 0.856 e. The van der Waals surface area contributed by atoms with Gasteiger partial charge in [-0.2, -0.15) is 0 Å². The van der Waals surface area contributed by atoms with E-state index in [4.69, 9.17) is 9.81 Å². The Balaban J connectivity index is 3.32. The lowest BCUT2D eigenvalue weighted by Gasteiger charge is -1.63. The zero-order valence-electron chi connectivity index (χ0n) is 3.38. The highest BCUT2D eigenvalue weighted by Gasteiger charge is 2.24. The maximum absolute atomic E-state index is 9.76. The SMILES string of the molecule is O=NO[P+](=O)ON=O. The summed E-state index contributed by atoms with van der Waals surface area (Å²) in [6.07, 6.45) is 0. The van der Waals surface area contributed by atoms with Gasteiger partial charge in [-0.3, -0.25) is 0 Å². The summed E-state index contributed by atoms with van der Waals surface area (Å²) in [5, 5.41) is 3.39. The van der Waals surface area contributed by atoms with Crippen LogP contribution < -0.4 is 0 Å². The van der Waals surface area contributed by atoms with E-state index in [1.165, 1.54) is 0 Å². The average molecular weight is 139 g/mol. The summed E-state index contributed by atoms with van der Waals surface area (Å²) in [6.45, 7) is 0. The Morgan fingerprint density at radius 1 is 1.12 bits per heavy atom. The molecule has 0 heterocycles. The lowest BCUT2D eigenvalue weighted by Crippen LogP contribution is -1.64. The minimum absolute atomic E-state index is 1.70. The normalized spacial score (nSPS) is 7.00. The molecule has 0 spiro atoms. The molecule has 0 bridgehead atoms. The molecule has 0 aromatic heterocycles. The van der Waals surface area contributed by atoms with Gasteiger partial charge in [0, 0.05) is 4.57 Å². The van der Waals surface area contributed by atoms with Crippen LogP contribution in [0.15, 0.2) is 10.7 Å². The summed E-state index contributed by atoms with van der Waals surface area (Å²) in [4.78, 5) is 18.0. The molecule has 0 unspecified atom stereocenters. The van der Waals surface area contributed by atoms with E-state index < -0.39 is 8.25 Å². The minimum Gasteiger partial charge on any atom is -0.102 e.